The van der Waals surface area contributed by atoms with Crippen molar-refractivity contribution < 1.29 is 9.32 Å². The predicted octanol–water partition coefficient (Wildman–Crippen LogP) is 5.73. The smallest absolute Gasteiger partial charge is 0.260 e. The lowest BCUT2D eigenvalue weighted by molar-refractivity contribution is 0.102. The summed E-state index contributed by atoms with van der Waals surface area (Å²) in [6.45, 7) is 3.68. The largest absolute Gasteiger partial charge is 0.355 e. The molecule has 0 fully saturated rings. The van der Waals surface area contributed by atoms with Crippen LogP contribution in [0.4, 0.5) is 17.3 Å². The Kier molecular flexibility index (Phi) is 5.61. The SMILES string of the molecule is Cc1noc(NC(=O)c2ccccc2Nc2ccc3c(/C=C/c4ccccn4)n[nH]c3c2)c1C. The lowest BCUT2D eigenvalue weighted by Crippen LogP contribution is -2.14. The van der Waals surface area contributed by atoms with Gasteiger partial charge in [-0.05, 0) is 68.5 Å². The lowest BCUT2D eigenvalue weighted by atomic mass is 10.1. The summed E-state index contributed by atoms with van der Waals surface area (Å²) in [7, 11) is 0. The van der Waals surface area contributed by atoms with E-state index >= 15 is 0 Å². The van der Waals surface area contributed by atoms with Crippen molar-refractivity contribution in [3.63, 3.8) is 0 Å². The van der Waals surface area contributed by atoms with Crippen LogP contribution < -0.4 is 10.6 Å². The number of hydrogen-bond donors (Lipinski definition) is 3. The van der Waals surface area contributed by atoms with Crippen LogP contribution in [-0.4, -0.2) is 26.2 Å². The van der Waals surface area contributed by atoms with Crippen LogP contribution in [0.3, 0.4) is 0 Å². The van der Waals surface area contributed by atoms with Gasteiger partial charge in [0.1, 0.15) is 0 Å². The van der Waals surface area contributed by atoms with Gasteiger partial charge in [0.15, 0.2) is 0 Å². The van der Waals surface area contributed by atoms with E-state index in [4.69, 9.17) is 4.52 Å². The van der Waals surface area contributed by atoms with E-state index in [0.717, 1.165) is 39.2 Å². The molecule has 34 heavy (non-hydrogen) atoms. The number of aryl methyl sites for hydroxylation is 1. The standard InChI is InChI=1S/C26H22N6O2/c1-16-17(2)32-34-26(16)29-25(33)21-8-3-4-9-22(21)28-19-10-12-20-23(30-31-24(20)15-19)13-11-18-7-5-6-14-27-18/h3-15,28H,1-2H3,(H,29,33)(H,30,31)/b13-11+. The van der Waals surface area contributed by atoms with Crippen molar-refractivity contribution in [2.24, 2.45) is 0 Å². The minimum Gasteiger partial charge on any atom is -0.355 e. The molecule has 0 aliphatic rings. The minimum atomic E-state index is -0.285. The molecule has 3 heterocycles. The molecule has 8 heteroatoms. The highest BCUT2D eigenvalue weighted by molar-refractivity contribution is 6.08. The fraction of sp³-hybridized carbons (Fsp3) is 0.0769. The Morgan fingerprint density at radius 3 is 2.68 bits per heavy atom. The molecular formula is C26H22N6O2. The zero-order valence-electron chi connectivity index (χ0n) is 18.7. The van der Waals surface area contributed by atoms with Gasteiger partial charge in [0.2, 0.25) is 5.88 Å². The van der Waals surface area contributed by atoms with Crippen LogP contribution >= 0.6 is 0 Å². The molecule has 0 saturated heterocycles. The predicted molar refractivity (Wildman–Crippen MR) is 133 cm³/mol. The van der Waals surface area contributed by atoms with E-state index in [-0.39, 0.29) is 5.91 Å². The van der Waals surface area contributed by atoms with Gasteiger partial charge < -0.3 is 9.84 Å². The second-order valence-corrected chi connectivity index (χ2v) is 7.80. The van der Waals surface area contributed by atoms with E-state index < -0.39 is 0 Å². The molecular weight excluding hydrogens is 428 g/mol. The maximum absolute atomic E-state index is 12.9. The number of anilines is 3. The van der Waals surface area contributed by atoms with Gasteiger partial charge in [-0.25, -0.2) is 0 Å². The third-order valence-electron chi connectivity index (χ3n) is 5.53. The quantitative estimate of drug-likeness (QED) is 0.305. The van der Waals surface area contributed by atoms with Gasteiger partial charge in [0.25, 0.3) is 5.91 Å². The summed E-state index contributed by atoms with van der Waals surface area (Å²) in [5.41, 5.74) is 6.08. The van der Waals surface area contributed by atoms with Crippen LogP contribution in [0.1, 0.15) is 33.0 Å². The van der Waals surface area contributed by atoms with Gasteiger partial charge in [-0.1, -0.05) is 23.4 Å². The number of carbonyl (C=O) groups is 1. The number of H-pyrrole nitrogens is 1. The molecule has 0 spiro atoms. The molecule has 5 rings (SSSR count). The topological polar surface area (TPSA) is 109 Å². The molecule has 3 N–H and O–H groups in total. The van der Waals surface area contributed by atoms with Crippen LogP contribution in [0.15, 0.2) is 71.4 Å². The van der Waals surface area contributed by atoms with Gasteiger partial charge in [-0.3, -0.25) is 20.2 Å². The van der Waals surface area contributed by atoms with Gasteiger partial charge >= 0.3 is 0 Å². The van der Waals surface area contributed by atoms with Crippen molar-refractivity contribution in [2.75, 3.05) is 10.6 Å². The third-order valence-corrected chi connectivity index (χ3v) is 5.53. The lowest BCUT2D eigenvalue weighted by Gasteiger charge is -2.12. The monoisotopic (exact) mass is 450 g/mol. The van der Waals surface area contributed by atoms with E-state index in [1.165, 1.54) is 0 Å². The summed E-state index contributed by atoms with van der Waals surface area (Å²) < 4.78 is 5.22. The third kappa shape index (κ3) is 4.29. The van der Waals surface area contributed by atoms with Crippen LogP contribution in [0.5, 0.6) is 0 Å². The van der Waals surface area contributed by atoms with Crippen LogP contribution in [0, 0.1) is 13.8 Å². The average molecular weight is 451 g/mol. The van der Waals surface area contributed by atoms with Crippen molar-refractivity contribution in [3.05, 3.63) is 95.1 Å². The van der Waals surface area contributed by atoms with Crippen molar-refractivity contribution in [2.45, 2.75) is 13.8 Å². The van der Waals surface area contributed by atoms with Crippen molar-refractivity contribution in [1.82, 2.24) is 20.3 Å². The van der Waals surface area contributed by atoms with Crippen LogP contribution in [-0.2, 0) is 0 Å². The molecule has 0 aliphatic heterocycles. The summed E-state index contributed by atoms with van der Waals surface area (Å²) in [5.74, 6) is 0.0642. The molecule has 0 radical (unpaired) electrons. The highest BCUT2D eigenvalue weighted by Crippen LogP contribution is 2.27. The number of pyridine rings is 1. The van der Waals surface area contributed by atoms with E-state index in [0.29, 0.717) is 17.1 Å². The number of hydrogen-bond acceptors (Lipinski definition) is 6. The number of benzene rings is 2. The normalized spacial score (nSPS) is 11.2. The van der Waals surface area contributed by atoms with E-state index in [9.17, 15) is 4.79 Å². The Balaban J connectivity index is 1.37. The summed E-state index contributed by atoms with van der Waals surface area (Å²) in [6.07, 6.45) is 5.61. The molecule has 0 saturated carbocycles. The maximum Gasteiger partial charge on any atom is 0.260 e. The number of aromatic amines is 1. The van der Waals surface area contributed by atoms with Crippen molar-refractivity contribution in [3.8, 4) is 0 Å². The summed E-state index contributed by atoms with van der Waals surface area (Å²) in [4.78, 5) is 17.2. The van der Waals surface area contributed by atoms with Crippen molar-refractivity contribution >= 4 is 46.2 Å². The van der Waals surface area contributed by atoms with Gasteiger partial charge in [0, 0.05) is 22.8 Å². The number of amides is 1. The fourth-order valence-corrected chi connectivity index (χ4v) is 3.53. The summed E-state index contributed by atoms with van der Waals surface area (Å²) >= 11 is 0. The van der Waals surface area contributed by atoms with Gasteiger partial charge in [-0.15, -0.1) is 0 Å². The highest BCUT2D eigenvalue weighted by Gasteiger charge is 2.16. The number of nitrogens with zero attached hydrogens (tertiary/aromatic N) is 3. The fourth-order valence-electron chi connectivity index (χ4n) is 3.53. The Labute approximate surface area is 195 Å². The van der Waals surface area contributed by atoms with E-state index in [1.807, 2.05) is 80.6 Å². The minimum absolute atomic E-state index is 0.285. The Morgan fingerprint density at radius 2 is 1.88 bits per heavy atom. The van der Waals surface area contributed by atoms with E-state index in [1.54, 1.807) is 12.3 Å². The van der Waals surface area contributed by atoms with Crippen LogP contribution in [0.25, 0.3) is 23.1 Å². The molecule has 0 atom stereocenters. The number of nitrogens with one attached hydrogen (secondary N) is 3. The molecule has 0 bridgehead atoms. The Bertz CT molecular complexity index is 1500. The second kappa shape index (κ2) is 9.03. The average Bonchev–Trinajstić information content (AvgIpc) is 3.41. The number of aromatic nitrogens is 4. The molecule has 5 aromatic rings. The summed E-state index contributed by atoms with van der Waals surface area (Å²) in [5, 5.41) is 18.5. The highest BCUT2D eigenvalue weighted by atomic mass is 16.5. The number of carbonyl (C=O) groups excluding carboxylic acids is 1. The first kappa shape index (κ1) is 21.1. The van der Waals surface area contributed by atoms with Crippen LogP contribution in [0.2, 0.25) is 0 Å². The molecule has 2 aromatic carbocycles. The first-order valence-corrected chi connectivity index (χ1v) is 10.8. The zero-order chi connectivity index (χ0) is 23.5. The second-order valence-electron chi connectivity index (χ2n) is 7.80. The number of fused-ring (bicyclic) bond motifs is 1. The van der Waals surface area contributed by atoms with E-state index in [2.05, 4.69) is 31.0 Å². The first-order chi connectivity index (χ1) is 16.6. The summed E-state index contributed by atoms with van der Waals surface area (Å²) in [6, 6.07) is 19.0. The first-order valence-electron chi connectivity index (χ1n) is 10.8. The van der Waals surface area contributed by atoms with Gasteiger partial charge in [0.05, 0.1) is 33.8 Å². The van der Waals surface area contributed by atoms with Gasteiger partial charge in [-0.2, -0.15) is 5.10 Å². The molecule has 1 amide bonds. The molecule has 8 nitrogen and oxygen atoms in total. The molecule has 0 unspecified atom stereocenters. The maximum atomic E-state index is 12.9. The van der Waals surface area contributed by atoms with Crippen molar-refractivity contribution in [1.29, 1.82) is 0 Å². The number of para-hydroxylation sites is 1. The zero-order valence-corrected chi connectivity index (χ0v) is 18.7. The molecule has 0 aliphatic carbocycles. The number of rotatable bonds is 6. The molecule has 3 aromatic heterocycles. The molecule has 168 valence electrons. The Morgan fingerprint density at radius 1 is 1.03 bits per heavy atom. The Hall–Kier alpha value is -4.72.